The Morgan fingerprint density at radius 3 is 2.90 bits per heavy atom. The molecule has 2 aromatic heterocycles. The Kier molecular flexibility index (Phi) is 4.92. The van der Waals surface area contributed by atoms with Gasteiger partial charge in [0.2, 0.25) is 0 Å². The lowest BCUT2D eigenvalue weighted by Gasteiger charge is -2.12. The van der Waals surface area contributed by atoms with E-state index in [9.17, 15) is 0 Å². The quantitative estimate of drug-likeness (QED) is 0.639. The summed E-state index contributed by atoms with van der Waals surface area (Å²) < 4.78 is 1.95. The molecule has 0 fully saturated rings. The molecule has 2 N–H and O–H groups in total. The molecule has 2 rings (SSSR count). The second kappa shape index (κ2) is 6.88. The molecule has 0 bridgehead atoms. The molecule has 2 aromatic rings. The van der Waals surface area contributed by atoms with Crippen LogP contribution in [0.2, 0.25) is 0 Å². The van der Waals surface area contributed by atoms with Gasteiger partial charge < -0.3 is 10.6 Å². The number of guanidine groups is 1. The highest BCUT2D eigenvalue weighted by atomic mass is 15.3. The summed E-state index contributed by atoms with van der Waals surface area (Å²) >= 11 is 0. The predicted octanol–water partition coefficient (Wildman–Crippen LogP) is 1.44. The molecule has 20 heavy (non-hydrogen) atoms. The molecule has 6 nitrogen and oxygen atoms in total. The Morgan fingerprint density at radius 1 is 1.30 bits per heavy atom. The summed E-state index contributed by atoms with van der Waals surface area (Å²) in [4.78, 5) is 4.55. The highest BCUT2D eigenvalue weighted by molar-refractivity contribution is 5.79. The van der Waals surface area contributed by atoms with Crippen LogP contribution in [0.3, 0.4) is 0 Å². The monoisotopic (exact) mass is 274 g/mol. The number of nitrogens with one attached hydrogen (secondary N) is 2. The average molecular weight is 274 g/mol. The number of hydrogen-bond donors (Lipinski definition) is 2. The van der Waals surface area contributed by atoms with Crippen LogP contribution in [-0.2, 0) is 6.54 Å². The molecule has 108 valence electrons. The van der Waals surface area contributed by atoms with Crippen molar-refractivity contribution >= 4 is 11.6 Å². The van der Waals surface area contributed by atoms with Crippen LogP contribution >= 0.6 is 0 Å². The Morgan fingerprint density at radius 2 is 2.15 bits per heavy atom. The smallest absolute Gasteiger partial charge is 0.191 e. The maximum atomic E-state index is 4.55. The van der Waals surface area contributed by atoms with Crippen molar-refractivity contribution in [3.05, 3.63) is 30.2 Å². The fourth-order valence-electron chi connectivity index (χ4n) is 1.79. The van der Waals surface area contributed by atoms with Crippen LogP contribution in [0.5, 0.6) is 0 Å². The first-order chi connectivity index (χ1) is 9.70. The lowest BCUT2D eigenvalue weighted by atomic mass is 10.2. The number of aromatic nitrogens is 3. The fourth-order valence-corrected chi connectivity index (χ4v) is 1.79. The summed E-state index contributed by atoms with van der Waals surface area (Å²) in [5, 5.41) is 14.8. The third-order valence-electron chi connectivity index (χ3n) is 2.78. The van der Waals surface area contributed by atoms with Crippen molar-refractivity contribution in [1.82, 2.24) is 25.2 Å². The van der Waals surface area contributed by atoms with E-state index in [0.717, 1.165) is 30.5 Å². The Bertz CT molecular complexity index is 572. The standard InChI is InChI=1S/C14H22N6/c1-4-15-14(16-9-11(2)3)17-10-13-19-18-12-7-5-6-8-20(12)13/h5-8,11H,4,9-10H2,1-3H3,(H2,15,16,17). The van der Waals surface area contributed by atoms with E-state index in [1.54, 1.807) is 0 Å². The van der Waals surface area contributed by atoms with E-state index in [1.807, 2.05) is 28.8 Å². The van der Waals surface area contributed by atoms with Gasteiger partial charge in [0.1, 0.15) is 6.54 Å². The Balaban J connectivity index is 2.08. The van der Waals surface area contributed by atoms with E-state index < -0.39 is 0 Å². The molecule has 0 saturated heterocycles. The van der Waals surface area contributed by atoms with Crippen molar-refractivity contribution in [2.75, 3.05) is 13.1 Å². The van der Waals surface area contributed by atoms with E-state index in [1.165, 1.54) is 0 Å². The number of pyridine rings is 1. The summed E-state index contributed by atoms with van der Waals surface area (Å²) in [7, 11) is 0. The fraction of sp³-hybridized carbons (Fsp3) is 0.500. The minimum atomic E-state index is 0.499. The molecular weight excluding hydrogens is 252 g/mol. The van der Waals surface area contributed by atoms with E-state index in [4.69, 9.17) is 0 Å². The summed E-state index contributed by atoms with van der Waals surface area (Å²) in [5.41, 5.74) is 0.845. The van der Waals surface area contributed by atoms with Gasteiger partial charge in [-0.15, -0.1) is 10.2 Å². The van der Waals surface area contributed by atoms with Crippen molar-refractivity contribution in [2.24, 2.45) is 10.9 Å². The largest absolute Gasteiger partial charge is 0.357 e. The number of rotatable bonds is 5. The molecule has 0 aromatic carbocycles. The molecule has 0 aliphatic rings. The lowest BCUT2D eigenvalue weighted by molar-refractivity contribution is 0.614. The zero-order chi connectivity index (χ0) is 14.4. The number of nitrogens with zero attached hydrogens (tertiary/aromatic N) is 4. The number of hydrogen-bond acceptors (Lipinski definition) is 3. The molecule has 0 radical (unpaired) electrons. The Labute approximate surface area is 119 Å². The van der Waals surface area contributed by atoms with Gasteiger partial charge in [-0.2, -0.15) is 0 Å². The molecule has 0 saturated carbocycles. The third-order valence-corrected chi connectivity index (χ3v) is 2.78. The van der Waals surface area contributed by atoms with Crippen molar-refractivity contribution in [1.29, 1.82) is 0 Å². The highest BCUT2D eigenvalue weighted by Crippen LogP contribution is 2.03. The summed E-state index contributed by atoms with van der Waals surface area (Å²) in [6, 6.07) is 5.85. The van der Waals surface area contributed by atoms with Gasteiger partial charge in [0.15, 0.2) is 17.4 Å². The second-order valence-corrected chi connectivity index (χ2v) is 5.01. The van der Waals surface area contributed by atoms with Gasteiger partial charge >= 0.3 is 0 Å². The van der Waals surface area contributed by atoms with Crippen LogP contribution < -0.4 is 10.6 Å². The van der Waals surface area contributed by atoms with Gasteiger partial charge in [-0.3, -0.25) is 4.40 Å². The molecule has 0 atom stereocenters. The Hall–Kier alpha value is -2.11. The maximum Gasteiger partial charge on any atom is 0.191 e. The van der Waals surface area contributed by atoms with Gasteiger partial charge in [0.25, 0.3) is 0 Å². The third kappa shape index (κ3) is 3.69. The van der Waals surface area contributed by atoms with E-state index >= 15 is 0 Å². The van der Waals surface area contributed by atoms with Crippen LogP contribution in [0.4, 0.5) is 0 Å². The van der Waals surface area contributed by atoms with Crippen molar-refractivity contribution in [3.8, 4) is 0 Å². The molecular formula is C14H22N6. The van der Waals surface area contributed by atoms with Crippen molar-refractivity contribution < 1.29 is 0 Å². The number of fused-ring (bicyclic) bond motifs is 1. The van der Waals surface area contributed by atoms with Crippen molar-refractivity contribution in [3.63, 3.8) is 0 Å². The summed E-state index contributed by atoms with van der Waals surface area (Å²) in [6.07, 6.45) is 1.95. The molecule has 0 aliphatic carbocycles. The molecule has 6 heteroatoms. The predicted molar refractivity (Wildman–Crippen MR) is 80.6 cm³/mol. The van der Waals surface area contributed by atoms with Gasteiger partial charge in [0, 0.05) is 19.3 Å². The van der Waals surface area contributed by atoms with Gasteiger partial charge in [-0.1, -0.05) is 19.9 Å². The maximum absolute atomic E-state index is 4.55. The zero-order valence-electron chi connectivity index (χ0n) is 12.3. The van der Waals surface area contributed by atoms with Crippen LogP contribution in [0.25, 0.3) is 5.65 Å². The van der Waals surface area contributed by atoms with Crippen LogP contribution in [0, 0.1) is 5.92 Å². The minimum Gasteiger partial charge on any atom is -0.357 e. The topological polar surface area (TPSA) is 66.6 Å². The van der Waals surface area contributed by atoms with Gasteiger partial charge in [0.05, 0.1) is 0 Å². The average Bonchev–Trinajstić information content (AvgIpc) is 2.85. The zero-order valence-corrected chi connectivity index (χ0v) is 12.3. The van der Waals surface area contributed by atoms with Gasteiger partial charge in [-0.25, -0.2) is 4.99 Å². The second-order valence-electron chi connectivity index (χ2n) is 5.01. The summed E-state index contributed by atoms with van der Waals surface area (Å²) in [6.45, 7) is 8.62. The van der Waals surface area contributed by atoms with E-state index in [-0.39, 0.29) is 0 Å². The lowest BCUT2D eigenvalue weighted by Crippen LogP contribution is -2.39. The van der Waals surface area contributed by atoms with Crippen LogP contribution in [-0.4, -0.2) is 33.6 Å². The van der Waals surface area contributed by atoms with Crippen LogP contribution in [0.1, 0.15) is 26.6 Å². The minimum absolute atomic E-state index is 0.499. The summed E-state index contributed by atoms with van der Waals surface area (Å²) in [5.74, 6) is 2.23. The molecule has 2 heterocycles. The SMILES string of the molecule is CCNC(=NCc1nnc2ccccn12)NCC(C)C. The normalized spacial score (nSPS) is 12.1. The van der Waals surface area contributed by atoms with Crippen LogP contribution in [0.15, 0.2) is 29.4 Å². The first-order valence-electron chi connectivity index (χ1n) is 7.01. The highest BCUT2D eigenvalue weighted by Gasteiger charge is 2.04. The molecule has 0 amide bonds. The molecule has 0 unspecified atom stereocenters. The first kappa shape index (κ1) is 14.3. The van der Waals surface area contributed by atoms with Crippen molar-refractivity contribution in [2.45, 2.75) is 27.3 Å². The molecule has 0 spiro atoms. The number of aliphatic imine (C=N–C) groups is 1. The first-order valence-corrected chi connectivity index (χ1v) is 7.01. The van der Waals surface area contributed by atoms with E-state index in [2.05, 4.69) is 46.6 Å². The molecule has 0 aliphatic heterocycles. The van der Waals surface area contributed by atoms with Gasteiger partial charge in [-0.05, 0) is 25.0 Å². The van der Waals surface area contributed by atoms with E-state index in [0.29, 0.717) is 12.5 Å².